The lowest BCUT2D eigenvalue weighted by Crippen LogP contribution is -2.49. The molecular formula is C27H32Cl2F3N3O6S. The summed E-state index contributed by atoms with van der Waals surface area (Å²) < 4.78 is 76.2. The molecule has 1 heterocycles. The normalized spacial score (nSPS) is 14.9. The van der Waals surface area contributed by atoms with Gasteiger partial charge < -0.3 is 14.4 Å². The molecule has 0 atom stereocenters. The molecule has 1 aliphatic heterocycles. The maximum absolute atomic E-state index is 13.5. The highest BCUT2D eigenvalue weighted by molar-refractivity contribution is 7.89. The molecule has 1 aliphatic rings. The van der Waals surface area contributed by atoms with E-state index in [-0.39, 0.29) is 30.2 Å². The number of carbonyl (C=O) groups is 2. The molecule has 0 unspecified atom stereocenters. The van der Waals surface area contributed by atoms with E-state index < -0.39 is 57.6 Å². The minimum atomic E-state index is -5.12. The first-order chi connectivity index (χ1) is 19.4. The molecule has 232 valence electrons. The average Bonchev–Trinajstić information content (AvgIpc) is 2.87. The molecule has 0 bridgehead atoms. The van der Waals surface area contributed by atoms with Crippen LogP contribution in [0.3, 0.4) is 0 Å². The van der Waals surface area contributed by atoms with Crippen LogP contribution in [0, 0.1) is 0 Å². The van der Waals surface area contributed by atoms with Crippen molar-refractivity contribution >= 4 is 45.2 Å². The second kappa shape index (κ2) is 13.3. The highest BCUT2D eigenvalue weighted by Gasteiger charge is 2.35. The van der Waals surface area contributed by atoms with E-state index in [2.05, 4.69) is 4.74 Å². The number of amides is 2. The topological polar surface area (TPSA) is 96.5 Å². The fraction of sp³-hybridized carbons (Fsp3) is 0.481. The summed E-state index contributed by atoms with van der Waals surface area (Å²) in [7, 11) is -4.15. The summed E-state index contributed by atoms with van der Waals surface area (Å²) in [5.41, 5.74) is -0.731. The van der Waals surface area contributed by atoms with Gasteiger partial charge in [0.15, 0.2) is 0 Å². The van der Waals surface area contributed by atoms with Crippen molar-refractivity contribution in [2.75, 3.05) is 31.9 Å². The quantitative estimate of drug-likeness (QED) is 0.348. The Balaban J connectivity index is 1.89. The van der Waals surface area contributed by atoms with Gasteiger partial charge in [-0.05, 0) is 57.5 Å². The zero-order valence-electron chi connectivity index (χ0n) is 23.5. The highest BCUT2D eigenvalue weighted by Crippen LogP contribution is 2.35. The lowest BCUT2D eigenvalue weighted by Gasteiger charge is -2.36. The van der Waals surface area contributed by atoms with Crippen LogP contribution < -0.4 is 4.74 Å². The maximum atomic E-state index is 13.5. The van der Waals surface area contributed by atoms with E-state index in [4.69, 9.17) is 27.9 Å². The van der Waals surface area contributed by atoms with E-state index >= 15 is 0 Å². The Morgan fingerprint density at radius 1 is 1.02 bits per heavy atom. The lowest BCUT2D eigenvalue weighted by atomic mass is 10.1. The number of carbonyl (C=O) groups excluding carboxylic acids is 2. The minimum Gasteiger partial charge on any atom is -0.444 e. The fourth-order valence-corrected chi connectivity index (χ4v) is 5.64. The van der Waals surface area contributed by atoms with E-state index in [1.54, 1.807) is 43.9 Å². The first kappa shape index (κ1) is 33.8. The van der Waals surface area contributed by atoms with Crippen molar-refractivity contribution in [3.05, 3.63) is 63.1 Å². The van der Waals surface area contributed by atoms with Crippen LogP contribution in [-0.4, -0.2) is 78.4 Å². The Kier molecular flexibility index (Phi) is 10.7. The van der Waals surface area contributed by atoms with Gasteiger partial charge in [-0.2, -0.15) is 0 Å². The molecule has 42 heavy (non-hydrogen) atoms. The minimum absolute atomic E-state index is 0.0454. The van der Waals surface area contributed by atoms with Gasteiger partial charge in [-0.3, -0.25) is 9.69 Å². The molecule has 15 heteroatoms. The van der Waals surface area contributed by atoms with Gasteiger partial charge in [0.1, 0.15) is 11.4 Å². The standard InChI is InChI=1S/C27H32Cl2F3N3O6S/c1-5-42(38,39)35(16-18-7-6-8-20(28)13-18)24(36)19-14-22(29)21(23(15-19)40-27(30,31)32)17-33-9-11-34(12-10-33)25(37)41-26(2,3)4/h6-8,13-15H,5,9-12,16-17H2,1-4H3. The third kappa shape index (κ3) is 9.38. The average molecular weight is 655 g/mol. The van der Waals surface area contributed by atoms with Gasteiger partial charge in [0.25, 0.3) is 5.91 Å². The van der Waals surface area contributed by atoms with Crippen LogP contribution >= 0.6 is 23.2 Å². The number of benzene rings is 2. The summed E-state index contributed by atoms with van der Waals surface area (Å²) in [4.78, 5) is 29.1. The van der Waals surface area contributed by atoms with Gasteiger partial charge in [-0.25, -0.2) is 17.5 Å². The summed E-state index contributed by atoms with van der Waals surface area (Å²) in [6.07, 6.45) is -5.61. The van der Waals surface area contributed by atoms with E-state index in [9.17, 15) is 31.2 Å². The van der Waals surface area contributed by atoms with Crippen molar-refractivity contribution in [3.63, 3.8) is 0 Å². The van der Waals surface area contributed by atoms with E-state index in [1.165, 1.54) is 17.9 Å². The monoisotopic (exact) mass is 653 g/mol. The number of halogens is 5. The van der Waals surface area contributed by atoms with E-state index in [1.807, 2.05) is 0 Å². The first-order valence-corrected chi connectivity index (χ1v) is 15.3. The maximum Gasteiger partial charge on any atom is 0.573 e. The predicted octanol–water partition coefficient (Wildman–Crippen LogP) is 5.94. The summed E-state index contributed by atoms with van der Waals surface area (Å²) in [5.74, 6) is -2.25. The van der Waals surface area contributed by atoms with Crippen LogP contribution in [0.5, 0.6) is 5.75 Å². The fourth-order valence-electron chi connectivity index (χ4n) is 4.14. The van der Waals surface area contributed by atoms with Crippen LogP contribution in [0.15, 0.2) is 36.4 Å². The molecule has 0 spiro atoms. The highest BCUT2D eigenvalue weighted by atomic mass is 35.5. The van der Waals surface area contributed by atoms with Crippen molar-refractivity contribution in [1.29, 1.82) is 0 Å². The molecule has 2 amide bonds. The van der Waals surface area contributed by atoms with Crippen LogP contribution in [0.25, 0.3) is 0 Å². The van der Waals surface area contributed by atoms with Crippen molar-refractivity contribution < 1.29 is 40.7 Å². The molecule has 0 N–H and O–H groups in total. The van der Waals surface area contributed by atoms with Crippen LogP contribution in [0.2, 0.25) is 10.0 Å². The number of ether oxygens (including phenoxy) is 2. The SMILES string of the molecule is CCS(=O)(=O)N(Cc1cccc(Cl)c1)C(=O)c1cc(Cl)c(CN2CCN(C(=O)OC(C)(C)C)CC2)c(OC(F)(F)F)c1. The molecule has 0 aliphatic carbocycles. The smallest absolute Gasteiger partial charge is 0.444 e. The Morgan fingerprint density at radius 2 is 1.67 bits per heavy atom. The third-order valence-electron chi connectivity index (χ3n) is 6.18. The van der Waals surface area contributed by atoms with E-state index in [0.29, 0.717) is 28.0 Å². The summed E-state index contributed by atoms with van der Waals surface area (Å²) >= 11 is 12.4. The molecule has 1 saturated heterocycles. The van der Waals surface area contributed by atoms with Gasteiger partial charge in [0, 0.05) is 53.9 Å². The molecule has 0 aromatic heterocycles. The second-order valence-corrected chi connectivity index (χ2v) is 13.6. The Hall–Kier alpha value is -2.74. The zero-order valence-corrected chi connectivity index (χ0v) is 25.8. The Labute approximate surface area is 253 Å². The van der Waals surface area contributed by atoms with Crippen LogP contribution in [-0.2, 0) is 27.8 Å². The molecule has 0 radical (unpaired) electrons. The van der Waals surface area contributed by atoms with E-state index in [0.717, 1.165) is 12.1 Å². The number of alkyl halides is 3. The number of hydrogen-bond donors (Lipinski definition) is 0. The first-order valence-electron chi connectivity index (χ1n) is 13.0. The van der Waals surface area contributed by atoms with Gasteiger partial charge in [0.05, 0.1) is 12.3 Å². The number of rotatable bonds is 8. The molecule has 3 rings (SSSR count). The largest absolute Gasteiger partial charge is 0.573 e. The zero-order chi connectivity index (χ0) is 31.5. The predicted molar refractivity (Wildman–Crippen MR) is 152 cm³/mol. The molecule has 0 saturated carbocycles. The summed E-state index contributed by atoms with van der Waals surface area (Å²) in [5, 5.41) is 0.0975. The molecule has 1 fully saturated rings. The van der Waals surface area contributed by atoms with Crippen LogP contribution in [0.1, 0.15) is 49.2 Å². The molecule has 9 nitrogen and oxygen atoms in total. The summed E-state index contributed by atoms with van der Waals surface area (Å²) in [6, 6.07) is 8.15. The van der Waals surface area contributed by atoms with Gasteiger partial charge >= 0.3 is 12.5 Å². The van der Waals surface area contributed by atoms with Crippen LogP contribution in [0.4, 0.5) is 18.0 Å². The van der Waals surface area contributed by atoms with Gasteiger partial charge in [-0.15, -0.1) is 13.2 Å². The molecular weight excluding hydrogens is 622 g/mol. The Bertz CT molecular complexity index is 1410. The number of nitrogens with zero attached hydrogens (tertiary/aromatic N) is 3. The Morgan fingerprint density at radius 3 is 2.21 bits per heavy atom. The number of hydrogen-bond acceptors (Lipinski definition) is 7. The van der Waals surface area contributed by atoms with Crippen molar-refractivity contribution in [2.24, 2.45) is 0 Å². The number of piperazine rings is 1. The van der Waals surface area contributed by atoms with Crippen molar-refractivity contribution in [3.8, 4) is 5.75 Å². The van der Waals surface area contributed by atoms with Crippen molar-refractivity contribution in [1.82, 2.24) is 14.1 Å². The molecule has 2 aromatic rings. The lowest BCUT2D eigenvalue weighted by molar-refractivity contribution is -0.275. The van der Waals surface area contributed by atoms with Crippen molar-refractivity contribution in [2.45, 2.75) is 52.7 Å². The summed E-state index contributed by atoms with van der Waals surface area (Å²) in [6.45, 7) is 7.25. The molecule has 2 aromatic carbocycles. The third-order valence-corrected chi connectivity index (χ3v) is 8.44. The number of sulfonamides is 1. The second-order valence-electron chi connectivity index (χ2n) is 10.6. The van der Waals surface area contributed by atoms with Gasteiger partial charge in [-0.1, -0.05) is 35.3 Å². The van der Waals surface area contributed by atoms with Gasteiger partial charge in [0.2, 0.25) is 10.0 Å².